The van der Waals surface area contributed by atoms with Gasteiger partial charge in [-0.25, -0.2) is 27.4 Å². The second-order valence-corrected chi connectivity index (χ2v) is 9.94. The summed E-state index contributed by atoms with van der Waals surface area (Å²) < 4.78 is 86.4. The molecular weight excluding hydrogens is 524 g/mol. The van der Waals surface area contributed by atoms with Crippen molar-refractivity contribution in [1.82, 2.24) is 20.1 Å². The van der Waals surface area contributed by atoms with E-state index in [-0.39, 0.29) is 43.3 Å². The Morgan fingerprint density at radius 3 is 2.59 bits per heavy atom. The van der Waals surface area contributed by atoms with Gasteiger partial charge in [-0.15, -0.1) is 4.41 Å². The number of nitrogens with one attached hydrogen (secondary N) is 2. The van der Waals surface area contributed by atoms with Crippen LogP contribution in [0.5, 0.6) is 0 Å². The molecule has 3 heterocycles. The summed E-state index contributed by atoms with van der Waals surface area (Å²) in [6.07, 6.45) is -2.57. The maximum atomic E-state index is 15.1. The Hall–Kier alpha value is -3.50. The molecule has 200 valence electrons. The topological polar surface area (TPSA) is 124 Å². The number of carbonyl (C=O) groups is 2. The van der Waals surface area contributed by atoms with E-state index in [1.54, 1.807) is 0 Å². The fraction of sp³-hybridized carbons (Fsp3) is 0.381. The number of nitrogens with zero attached hydrogens (tertiary/aromatic N) is 4. The van der Waals surface area contributed by atoms with Gasteiger partial charge in [0.05, 0.1) is 18.8 Å². The molecule has 2 aromatic rings. The number of rotatable bonds is 7. The molecule has 2 saturated heterocycles. The Bertz CT molecular complexity index is 1250. The number of aromatic nitrogens is 1. The number of carbonyl (C=O) groups excluding carboxylic acids is 2. The molecule has 0 radical (unpaired) electrons. The predicted octanol–water partition coefficient (Wildman–Crippen LogP) is 1.08. The second kappa shape index (κ2) is 10.9. The largest absolute Gasteiger partial charge is 0.442 e. The van der Waals surface area contributed by atoms with Crippen molar-refractivity contribution in [2.24, 2.45) is 0 Å². The number of halogens is 4. The van der Waals surface area contributed by atoms with E-state index in [2.05, 4.69) is 10.4 Å². The molecule has 2 amide bonds. The van der Waals surface area contributed by atoms with E-state index in [4.69, 9.17) is 4.74 Å². The van der Waals surface area contributed by atoms with Gasteiger partial charge < -0.3 is 15.0 Å². The second-order valence-electron chi connectivity index (χ2n) is 8.08. The van der Waals surface area contributed by atoms with Crippen LogP contribution in [0, 0.1) is 11.6 Å². The standard InChI is InChI=1S/C21H22F4N6O5S/c22-16-8-13(30-12-14(36-21(30)33)10-27-20(32)19(24)25)9-17(23)18(16)29-5-4-28-31(7-6-29)37(34,35)15-2-1-3-26-11-15/h1-3,8-9,11,14,19,28H,4-7,10,12H2,(H,27,32). The van der Waals surface area contributed by atoms with Crippen LogP contribution in [0.4, 0.5) is 33.7 Å². The Balaban J connectivity index is 1.45. The van der Waals surface area contributed by atoms with Crippen molar-refractivity contribution in [2.45, 2.75) is 17.4 Å². The number of cyclic esters (lactones) is 1. The molecule has 0 saturated carbocycles. The molecule has 0 bridgehead atoms. The molecule has 2 N–H and O–H groups in total. The van der Waals surface area contributed by atoms with Crippen LogP contribution in [0.1, 0.15) is 0 Å². The van der Waals surface area contributed by atoms with Crippen molar-refractivity contribution in [3.8, 4) is 0 Å². The number of anilines is 2. The van der Waals surface area contributed by atoms with E-state index in [0.29, 0.717) is 0 Å². The number of pyridine rings is 1. The summed E-state index contributed by atoms with van der Waals surface area (Å²) in [6.45, 7) is -0.656. The third-order valence-corrected chi connectivity index (χ3v) is 7.40. The quantitative estimate of drug-likeness (QED) is 0.495. The fourth-order valence-electron chi connectivity index (χ4n) is 3.91. The van der Waals surface area contributed by atoms with Crippen molar-refractivity contribution in [3.63, 3.8) is 0 Å². The van der Waals surface area contributed by atoms with Gasteiger partial charge in [0.1, 0.15) is 16.7 Å². The van der Waals surface area contributed by atoms with Gasteiger partial charge >= 0.3 is 12.5 Å². The Kier molecular flexibility index (Phi) is 7.79. The lowest BCUT2D eigenvalue weighted by Crippen LogP contribution is -2.43. The summed E-state index contributed by atoms with van der Waals surface area (Å²) in [5.74, 6) is -3.53. The van der Waals surface area contributed by atoms with E-state index < -0.39 is 58.4 Å². The van der Waals surface area contributed by atoms with Gasteiger partial charge in [0.2, 0.25) is 0 Å². The Morgan fingerprint density at radius 2 is 1.95 bits per heavy atom. The normalized spacial score (nSPS) is 19.2. The first-order valence-electron chi connectivity index (χ1n) is 11.0. The van der Waals surface area contributed by atoms with Gasteiger partial charge in [-0.2, -0.15) is 8.78 Å². The van der Waals surface area contributed by atoms with Crippen LogP contribution in [-0.4, -0.2) is 81.6 Å². The molecule has 2 fully saturated rings. The highest BCUT2D eigenvalue weighted by atomic mass is 32.2. The number of ether oxygens (including phenoxy) is 1. The number of amides is 2. The highest BCUT2D eigenvalue weighted by Crippen LogP contribution is 2.31. The molecule has 16 heteroatoms. The minimum atomic E-state index is -3.94. The van der Waals surface area contributed by atoms with Crippen molar-refractivity contribution < 1.29 is 40.3 Å². The zero-order valence-electron chi connectivity index (χ0n) is 19.1. The zero-order chi connectivity index (χ0) is 26.7. The first-order valence-corrected chi connectivity index (χ1v) is 12.5. The minimum absolute atomic E-state index is 0.0396. The molecule has 37 heavy (non-hydrogen) atoms. The molecule has 0 spiro atoms. The first kappa shape index (κ1) is 26.6. The van der Waals surface area contributed by atoms with Gasteiger partial charge in [0, 0.05) is 50.7 Å². The molecule has 0 aliphatic carbocycles. The molecule has 1 unspecified atom stereocenters. The van der Waals surface area contributed by atoms with Crippen molar-refractivity contribution in [3.05, 3.63) is 48.3 Å². The predicted molar refractivity (Wildman–Crippen MR) is 121 cm³/mol. The van der Waals surface area contributed by atoms with E-state index in [1.165, 1.54) is 29.4 Å². The van der Waals surface area contributed by atoms with Crippen LogP contribution in [0.3, 0.4) is 0 Å². The fourth-order valence-corrected chi connectivity index (χ4v) is 5.19. The highest BCUT2D eigenvalue weighted by Gasteiger charge is 2.35. The van der Waals surface area contributed by atoms with E-state index >= 15 is 8.78 Å². The van der Waals surface area contributed by atoms with Crippen LogP contribution in [0.25, 0.3) is 0 Å². The average Bonchev–Trinajstić information content (AvgIpc) is 3.06. The van der Waals surface area contributed by atoms with Crippen LogP contribution in [-0.2, 0) is 19.6 Å². The number of benzene rings is 1. The summed E-state index contributed by atoms with van der Waals surface area (Å²) >= 11 is 0. The maximum absolute atomic E-state index is 15.1. The number of alkyl halides is 2. The summed E-state index contributed by atoms with van der Waals surface area (Å²) in [4.78, 5) is 29.2. The summed E-state index contributed by atoms with van der Waals surface area (Å²) in [6, 6.07) is 4.69. The van der Waals surface area contributed by atoms with Crippen LogP contribution >= 0.6 is 0 Å². The van der Waals surface area contributed by atoms with E-state index in [1.807, 2.05) is 5.32 Å². The monoisotopic (exact) mass is 546 g/mol. The SMILES string of the molecule is O=C(NCC1CN(c2cc(F)c(N3CCNN(S(=O)(=O)c4cccnc4)CC3)c(F)c2)C(=O)O1)C(F)F. The number of sulfonamides is 1. The molecule has 2 aliphatic rings. The lowest BCUT2D eigenvalue weighted by molar-refractivity contribution is -0.132. The van der Waals surface area contributed by atoms with Crippen molar-refractivity contribution in [2.75, 3.05) is 49.1 Å². The summed E-state index contributed by atoms with van der Waals surface area (Å²) in [5, 5.41) is 1.92. The molecule has 2 aliphatic heterocycles. The van der Waals surface area contributed by atoms with E-state index in [9.17, 15) is 26.8 Å². The van der Waals surface area contributed by atoms with Gasteiger partial charge in [-0.05, 0) is 12.1 Å². The summed E-state index contributed by atoms with van der Waals surface area (Å²) in [5.41, 5.74) is 2.17. The smallest absolute Gasteiger partial charge is 0.414 e. The van der Waals surface area contributed by atoms with Crippen LogP contribution < -0.4 is 20.5 Å². The van der Waals surface area contributed by atoms with Gasteiger partial charge in [0.15, 0.2) is 11.6 Å². The third-order valence-electron chi connectivity index (χ3n) is 5.67. The maximum Gasteiger partial charge on any atom is 0.414 e. The van der Waals surface area contributed by atoms with Crippen LogP contribution in [0.15, 0.2) is 41.6 Å². The molecule has 1 aromatic heterocycles. The average molecular weight is 547 g/mol. The zero-order valence-corrected chi connectivity index (χ0v) is 19.9. The van der Waals surface area contributed by atoms with Crippen LogP contribution in [0.2, 0.25) is 0 Å². The number of hydrazine groups is 1. The third kappa shape index (κ3) is 5.75. The lowest BCUT2D eigenvalue weighted by Gasteiger charge is -2.25. The molecule has 4 rings (SSSR count). The Morgan fingerprint density at radius 1 is 1.22 bits per heavy atom. The Labute approximate surface area is 209 Å². The van der Waals surface area contributed by atoms with E-state index in [0.717, 1.165) is 21.4 Å². The molecule has 11 nitrogen and oxygen atoms in total. The van der Waals surface area contributed by atoms with Crippen molar-refractivity contribution >= 4 is 33.4 Å². The summed E-state index contributed by atoms with van der Waals surface area (Å²) in [7, 11) is -3.94. The van der Waals surface area contributed by atoms with Gasteiger partial charge in [-0.1, -0.05) is 0 Å². The van der Waals surface area contributed by atoms with Crippen molar-refractivity contribution in [1.29, 1.82) is 0 Å². The number of hydrogen-bond donors (Lipinski definition) is 2. The molecule has 1 atom stereocenters. The molecule has 1 aromatic carbocycles. The minimum Gasteiger partial charge on any atom is -0.442 e. The molecular formula is C21H22F4N6O5S. The van der Waals surface area contributed by atoms with Gasteiger partial charge in [0.25, 0.3) is 15.9 Å². The number of hydrogen-bond acceptors (Lipinski definition) is 8. The first-order chi connectivity index (χ1) is 17.6. The highest BCUT2D eigenvalue weighted by molar-refractivity contribution is 7.89. The lowest BCUT2D eigenvalue weighted by atomic mass is 10.2. The van der Waals surface area contributed by atoms with Gasteiger partial charge in [-0.3, -0.25) is 14.7 Å².